The lowest BCUT2D eigenvalue weighted by molar-refractivity contribution is -0.167. The summed E-state index contributed by atoms with van der Waals surface area (Å²) in [5.74, 6) is -0.893. The van der Waals surface area contributed by atoms with E-state index in [1.54, 1.807) is 0 Å². The van der Waals surface area contributed by atoms with Gasteiger partial charge in [-0.05, 0) is 109 Å². The zero-order valence-corrected chi connectivity index (χ0v) is 51.0. The van der Waals surface area contributed by atoms with Crippen LogP contribution in [0.1, 0.15) is 329 Å². The fourth-order valence-electron chi connectivity index (χ4n) is 9.41. The van der Waals surface area contributed by atoms with E-state index in [0.29, 0.717) is 19.3 Å². The first-order valence-electron chi connectivity index (χ1n) is 33.1. The number of carbonyl (C=O) groups is 3. The molecule has 6 heteroatoms. The summed E-state index contributed by atoms with van der Waals surface area (Å²) in [5, 5.41) is 0. The van der Waals surface area contributed by atoms with E-state index in [4.69, 9.17) is 14.2 Å². The second-order valence-electron chi connectivity index (χ2n) is 22.0. The maximum Gasteiger partial charge on any atom is 0.306 e. The van der Waals surface area contributed by atoms with E-state index in [2.05, 4.69) is 106 Å². The Bertz CT molecular complexity index is 1470. The minimum atomic E-state index is -0.785. The summed E-state index contributed by atoms with van der Waals surface area (Å²) >= 11 is 0. The Labute approximate surface area is 477 Å². The first-order chi connectivity index (χ1) is 38.0. The molecule has 0 aliphatic rings. The highest BCUT2D eigenvalue weighted by molar-refractivity contribution is 5.71. The summed E-state index contributed by atoms with van der Waals surface area (Å²) in [6.45, 7) is 6.46. The third-order valence-electron chi connectivity index (χ3n) is 14.3. The SMILES string of the molecule is CC/C=C\C/C=C\C/C=C\C/C=C\CCCCCCCCCCCCCCCCCCCCCCC(=O)OCC(COC(=O)CCCCCCC/C=C\CCC)OC(=O)CCCCCCC/C=C\C/C=C\CCCCCC. The molecule has 0 bridgehead atoms. The molecular weight excluding hydrogens is 949 g/mol. The Kier molecular flexibility index (Phi) is 62.2. The van der Waals surface area contributed by atoms with Crippen molar-refractivity contribution >= 4 is 17.9 Å². The Morgan fingerprint density at radius 1 is 0.273 bits per heavy atom. The van der Waals surface area contributed by atoms with Gasteiger partial charge in [0.1, 0.15) is 13.2 Å². The van der Waals surface area contributed by atoms with Gasteiger partial charge in [-0.25, -0.2) is 0 Å². The van der Waals surface area contributed by atoms with Crippen LogP contribution in [-0.4, -0.2) is 37.2 Å². The molecule has 0 aliphatic heterocycles. The molecule has 0 aliphatic carbocycles. The number of ether oxygens (including phenoxy) is 3. The molecule has 444 valence electrons. The Hall–Kier alpha value is -3.41. The van der Waals surface area contributed by atoms with Gasteiger partial charge >= 0.3 is 17.9 Å². The van der Waals surface area contributed by atoms with Crippen molar-refractivity contribution in [3.63, 3.8) is 0 Å². The molecule has 0 N–H and O–H groups in total. The van der Waals surface area contributed by atoms with E-state index in [0.717, 1.165) is 122 Å². The van der Waals surface area contributed by atoms with Crippen molar-refractivity contribution in [2.45, 2.75) is 335 Å². The standard InChI is InChI=1S/C71H124O6/c1-4-7-10-13-16-19-22-24-26-28-29-30-31-32-33-34-35-36-37-38-39-40-41-42-43-44-46-47-49-52-55-58-61-64-70(73)76-67-68(66-75-69(72)63-60-57-54-51-21-18-15-12-9-6-3)77-71(74)65-62-59-56-53-50-48-45-27-25-23-20-17-14-11-8-5-2/h7,10,12,15-16,19-20,23-24,26-27,29-30,45,68H,4-6,8-9,11,13-14,17-18,21-22,25,28,31-44,46-67H2,1-3H3/b10-7-,15-12-,19-16-,23-20-,26-24-,30-29-,45-27-. The smallest absolute Gasteiger partial charge is 0.306 e. The first kappa shape index (κ1) is 73.6. The van der Waals surface area contributed by atoms with E-state index in [-0.39, 0.29) is 31.1 Å². The Morgan fingerprint density at radius 3 is 0.857 bits per heavy atom. The summed E-state index contributed by atoms with van der Waals surface area (Å²) < 4.78 is 16.9. The zero-order chi connectivity index (χ0) is 55.7. The summed E-state index contributed by atoms with van der Waals surface area (Å²) in [7, 11) is 0. The van der Waals surface area contributed by atoms with Crippen LogP contribution in [0.15, 0.2) is 85.1 Å². The molecular formula is C71H124O6. The van der Waals surface area contributed by atoms with E-state index in [1.807, 2.05) is 0 Å². The van der Waals surface area contributed by atoms with Crippen LogP contribution in [0.25, 0.3) is 0 Å². The topological polar surface area (TPSA) is 78.9 Å². The maximum absolute atomic E-state index is 12.9. The van der Waals surface area contributed by atoms with Gasteiger partial charge in [0, 0.05) is 19.3 Å². The molecule has 77 heavy (non-hydrogen) atoms. The van der Waals surface area contributed by atoms with E-state index in [9.17, 15) is 14.4 Å². The number of hydrogen-bond donors (Lipinski definition) is 0. The van der Waals surface area contributed by atoms with Gasteiger partial charge in [0.05, 0.1) is 0 Å². The van der Waals surface area contributed by atoms with Crippen LogP contribution in [0.5, 0.6) is 0 Å². The third kappa shape index (κ3) is 63.3. The Morgan fingerprint density at radius 2 is 0.532 bits per heavy atom. The van der Waals surface area contributed by atoms with Gasteiger partial charge in [-0.1, -0.05) is 286 Å². The van der Waals surface area contributed by atoms with Gasteiger partial charge in [-0.15, -0.1) is 0 Å². The predicted molar refractivity (Wildman–Crippen MR) is 334 cm³/mol. The van der Waals surface area contributed by atoms with Crippen LogP contribution in [0.4, 0.5) is 0 Å². The quantitative estimate of drug-likeness (QED) is 0.0261. The molecule has 0 aromatic heterocycles. The second kappa shape index (κ2) is 65.1. The average molecular weight is 1070 g/mol. The number of allylic oxidation sites excluding steroid dienone is 14. The fraction of sp³-hybridized carbons (Fsp3) is 0.761. The number of rotatable bonds is 60. The van der Waals surface area contributed by atoms with E-state index >= 15 is 0 Å². The van der Waals surface area contributed by atoms with E-state index in [1.165, 1.54) is 167 Å². The van der Waals surface area contributed by atoms with Crippen LogP contribution < -0.4 is 0 Å². The molecule has 0 amide bonds. The highest BCUT2D eigenvalue weighted by Crippen LogP contribution is 2.17. The summed E-state index contributed by atoms with van der Waals surface area (Å²) in [6, 6.07) is 0. The minimum absolute atomic E-state index is 0.0812. The first-order valence-corrected chi connectivity index (χ1v) is 33.1. The fourth-order valence-corrected chi connectivity index (χ4v) is 9.41. The van der Waals surface area contributed by atoms with Crippen molar-refractivity contribution in [2.24, 2.45) is 0 Å². The van der Waals surface area contributed by atoms with Crippen LogP contribution in [0, 0.1) is 0 Å². The zero-order valence-electron chi connectivity index (χ0n) is 51.0. The predicted octanol–water partition coefficient (Wildman–Crippen LogP) is 22.7. The molecule has 1 unspecified atom stereocenters. The molecule has 1 atom stereocenters. The molecule has 0 aromatic rings. The van der Waals surface area contributed by atoms with Gasteiger partial charge in [0.25, 0.3) is 0 Å². The number of esters is 3. The van der Waals surface area contributed by atoms with Crippen LogP contribution in [0.3, 0.4) is 0 Å². The molecule has 0 rings (SSSR count). The molecule has 0 saturated heterocycles. The Balaban J connectivity index is 4.09. The van der Waals surface area contributed by atoms with Crippen molar-refractivity contribution in [1.29, 1.82) is 0 Å². The van der Waals surface area contributed by atoms with Crippen molar-refractivity contribution < 1.29 is 28.6 Å². The van der Waals surface area contributed by atoms with Crippen LogP contribution in [0.2, 0.25) is 0 Å². The highest BCUT2D eigenvalue weighted by atomic mass is 16.6. The van der Waals surface area contributed by atoms with Gasteiger partial charge in [-0.2, -0.15) is 0 Å². The third-order valence-corrected chi connectivity index (χ3v) is 14.3. The summed E-state index contributed by atoms with van der Waals surface area (Å²) in [4.78, 5) is 38.2. The largest absolute Gasteiger partial charge is 0.462 e. The number of hydrogen-bond acceptors (Lipinski definition) is 6. The number of unbranched alkanes of at least 4 members (excludes halogenated alkanes) is 35. The minimum Gasteiger partial charge on any atom is -0.462 e. The molecule has 0 spiro atoms. The normalized spacial score (nSPS) is 12.6. The molecule has 0 saturated carbocycles. The van der Waals surface area contributed by atoms with E-state index < -0.39 is 6.10 Å². The van der Waals surface area contributed by atoms with Gasteiger partial charge in [0.15, 0.2) is 6.10 Å². The van der Waals surface area contributed by atoms with Crippen LogP contribution >= 0.6 is 0 Å². The highest BCUT2D eigenvalue weighted by Gasteiger charge is 2.19. The molecule has 0 aromatic carbocycles. The average Bonchev–Trinajstić information content (AvgIpc) is 3.43. The van der Waals surface area contributed by atoms with Gasteiger partial charge < -0.3 is 14.2 Å². The lowest BCUT2D eigenvalue weighted by Crippen LogP contribution is -2.30. The van der Waals surface area contributed by atoms with Crippen molar-refractivity contribution in [1.82, 2.24) is 0 Å². The van der Waals surface area contributed by atoms with Gasteiger partial charge in [0.2, 0.25) is 0 Å². The van der Waals surface area contributed by atoms with Crippen molar-refractivity contribution in [2.75, 3.05) is 13.2 Å². The summed E-state index contributed by atoms with van der Waals surface area (Å²) in [6.07, 6.45) is 86.2. The monoisotopic (exact) mass is 1070 g/mol. The van der Waals surface area contributed by atoms with Crippen molar-refractivity contribution in [3.8, 4) is 0 Å². The molecule has 0 radical (unpaired) electrons. The van der Waals surface area contributed by atoms with Gasteiger partial charge in [-0.3, -0.25) is 14.4 Å². The number of carbonyl (C=O) groups excluding carboxylic acids is 3. The second-order valence-corrected chi connectivity index (χ2v) is 22.0. The maximum atomic E-state index is 12.9. The summed E-state index contributed by atoms with van der Waals surface area (Å²) in [5.41, 5.74) is 0. The van der Waals surface area contributed by atoms with Crippen LogP contribution in [-0.2, 0) is 28.6 Å². The van der Waals surface area contributed by atoms with Crippen molar-refractivity contribution in [3.05, 3.63) is 85.1 Å². The molecule has 0 heterocycles. The lowest BCUT2D eigenvalue weighted by Gasteiger charge is -2.18. The lowest BCUT2D eigenvalue weighted by atomic mass is 10.0. The molecule has 6 nitrogen and oxygen atoms in total. The molecule has 0 fully saturated rings.